The number of rotatable bonds is 10. The second-order valence-corrected chi connectivity index (χ2v) is 21.2. The average Bonchev–Trinajstić information content (AvgIpc) is 3.53. The summed E-state index contributed by atoms with van der Waals surface area (Å²) in [6.45, 7) is 0.526. The third-order valence-electron chi connectivity index (χ3n) is 17.8. The quantitative estimate of drug-likeness (QED) is 0.128. The average molecular weight is 805 g/mol. The lowest BCUT2D eigenvalue weighted by atomic mass is 9.64. The lowest BCUT2D eigenvalue weighted by Crippen LogP contribution is -2.54. The Morgan fingerprint density at radius 1 is 0.552 bits per heavy atom. The number of Topliss-reactive ketones (excluding diaryl/α,β-unsaturated/α-hetero) is 1. The Bertz CT molecular complexity index is 1450. The fourth-order valence-electron chi connectivity index (χ4n) is 14.6. The molecule has 9 aliphatic carbocycles. The molecule has 9 fully saturated rings. The summed E-state index contributed by atoms with van der Waals surface area (Å²) in [4.78, 5) is 33.9. The van der Waals surface area contributed by atoms with Crippen LogP contribution in [-0.4, -0.2) is 77.0 Å². The highest BCUT2D eigenvalue weighted by atomic mass is 16.6. The van der Waals surface area contributed by atoms with Gasteiger partial charge in [-0.1, -0.05) is 77.0 Å². The maximum atomic E-state index is 14.2. The molecule has 11 heteroatoms. The van der Waals surface area contributed by atoms with Crippen molar-refractivity contribution in [3.8, 4) is 0 Å². The Labute approximate surface area is 347 Å². The van der Waals surface area contributed by atoms with Crippen molar-refractivity contribution < 1.29 is 24.6 Å². The molecule has 0 heterocycles. The molecule has 16 atom stereocenters. The second kappa shape index (κ2) is 19.1. The zero-order valence-corrected chi connectivity index (χ0v) is 35.4. The number of ketones is 1. The number of hydrogen-bond acceptors (Lipinski definition) is 10. The van der Waals surface area contributed by atoms with E-state index in [0.717, 1.165) is 89.9 Å². The molecule has 0 radical (unpaired) electrons. The minimum Gasteiger partial charge on any atom is -0.390 e. The van der Waals surface area contributed by atoms with Crippen LogP contribution in [0.3, 0.4) is 0 Å². The molecule has 0 saturated heterocycles. The van der Waals surface area contributed by atoms with E-state index in [9.17, 15) is 19.8 Å². The summed E-state index contributed by atoms with van der Waals surface area (Å²) in [5, 5.41) is 46.7. The molecule has 4 N–H and O–H groups in total. The highest BCUT2D eigenvalue weighted by Crippen LogP contribution is 2.54. The number of hydrogen-bond donors (Lipinski definition) is 4. The topological polar surface area (TPSA) is 157 Å². The molecule has 11 nitrogen and oxygen atoms in total. The first kappa shape index (κ1) is 41.5. The molecule has 9 saturated carbocycles. The van der Waals surface area contributed by atoms with Crippen LogP contribution in [0.5, 0.6) is 0 Å². The van der Waals surface area contributed by atoms with Crippen LogP contribution in [0.2, 0.25) is 0 Å². The predicted molar refractivity (Wildman–Crippen MR) is 222 cm³/mol. The summed E-state index contributed by atoms with van der Waals surface area (Å²) < 4.78 is 0. The molecule has 58 heavy (non-hydrogen) atoms. The fourth-order valence-corrected chi connectivity index (χ4v) is 14.6. The van der Waals surface area contributed by atoms with Crippen LogP contribution in [0.25, 0.3) is 0 Å². The zero-order chi connectivity index (χ0) is 39.6. The summed E-state index contributed by atoms with van der Waals surface area (Å²) >= 11 is 0. The Morgan fingerprint density at radius 3 is 1.67 bits per heavy atom. The van der Waals surface area contributed by atoms with Gasteiger partial charge in [0.15, 0.2) is 0 Å². The minimum absolute atomic E-state index is 0.00228. The number of hydroxylamine groups is 1. The Balaban J connectivity index is 0.808. The fraction of sp³-hybridized carbons (Fsp3) is 0.957. The Hall–Kier alpha value is -1.82. The van der Waals surface area contributed by atoms with Gasteiger partial charge in [0.05, 0.1) is 36.8 Å². The van der Waals surface area contributed by atoms with E-state index in [1.165, 1.54) is 77.0 Å². The monoisotopic (exact) mass is 805 g/mol. The van der Waals surface area contributed by atoms with Crippen molar-refractivity contribution >= 4 is 11.7 Å². The molecule has 0 bridgehead atoms. The van der Waals surface area contributed by atoms with Crippen molar-refractivity contribution in [3.63, 3.8) is 0 Å². The van der Waals surface area contributed by atoms with Crippen molar-refractivity contribution in [2.75, 3.05) is 6.61 Å². The highest BCUT2D eigenvalue weighted by molar-refractivity contribution is 5.87. The summed E-state index contributed by atoms with van der Waals surface area (Å²) in [6.07, 6.45) is 27.0. The lowest BCUT2D eigenvalue weighted by Gasteiger charge is -2.45. The summed E-state index contributed by atoms with van der Waals surface area (Å²) in [5.41, 5.74) is 3.33. The lowest BCUT2D eigenvalue weighted by molar-refractivity contribution is -0.135. The molecular formula is C47H76N6O5. The van der Waals surface area contributed by atoms with E-state index in [-0.39, 0.29) is 59.8 Å². The second-order valence-electron chi connectivity index (χ2n) is 21.2. The molecule has 16 unspecified atom stereocenters. The standard InChI is InChI=1S/C47H76N6O5/c54-44-30(27-58-53-32-15-5-2-6-16-32)23-28-11-7-9-17-35(28)42(44)51-49-33-19-21-37-38-22-20-34(26-40(38)45(55)39(37)25-33)50-52-43-36-18-10-8-12-29(36)24-41(46(43)56)47(57)48-31-13-3-1-4-14-31/h28-44,46,53-54,56H,1-27H2,(H,48,57). The highest BCUT2D eigenvalue weighted by Gasteiger charge is 2.54. The van der Waals surface area contributed by atoms with Gasteiger partial charge in [-0.05, 0) is 125 Å². The minimum atomic E-state index is -0.800. The van der Waals surface area contributed by atoms with Crippen LogP contribution < -0.4 is 10.8 Å². The molecule has 9 aliphatic rings. The van der Waals surface area contributed by atoms with E-state index in [2.05, 4.69) is 10.8 Å². The smallest absolute Gasteiger partial charge is 0.226 e. The molecule has 0 aromatic rings. The van der Waals surface area contributed by atoms with Crippen LogP contribution >= 0.6 is 0 Å². The maximum Gasteiger partial charge on any atom is 0.226 e. The first-order valence-corrected chi connectivity index (χ1v) is 24.8. The summed E-state index contributed by atoms with van der Waals surface area (Å²) in [7, 11) is 0. The van der Waals surface area contributed by atoms with Gasteiger partial charge in [0.1, 0.15) is 17.9 Å². The Morgan fingerprint density at radius 2 is 1.07 bits per heavy atom. The van der Waals surface area contributed by atoms with Gasteiger partial charge in [-0.15, -0.1) is 0 Å². The van der Waals surface area contributed by atoms with Gasteiger partial charge in [-0.25, -0.2) is 0 Å². The van der Waals surface area contributed by atoms with E-state index in [1.807, 2.05) is 0 Å². The van der Waals surface area contributed by atoms with Crippen molar-refractivity contribution in [2.24, 2.45) is 79.6 Å². The maximum absolute atomic E-state index is 14.2. The number of aliphatic hydroxyl groups is 2. The van der Waals surface area contributed by atoms with Gasteiger partial charge < -0.3 is 20.4 Å². The molecule has 0 aliphatic heterocycles. The normalized spacial score (nSPS) is 45.4. The van der Waals surface area contributed by atoms with E-state index in [4.69, 9.17) is 25.3 Å². The Kier molecular flexibility index (Phi) is 13.6. The molecule has 0 aromatic heterocycles. The van der Waals surface area contributed by atoms with Crippen LogP contribution in [0.4, 0.5) is 0 Å². The molecular weight excluding hydrogens is 729 g/mol. The third kappa shape index (κ3) is 9.04. The number of carbonyl (C=O) groups is 2. The van der Waals surface area contributed by atoms with E-state index in [1.54, 1.807) is 0 Å². The zero-order valence-electron chi connectivity index (χ0n) is 35.4. The molecule has 324 valence electrons. The number of amides is 1. The number of azo groups is 2. The summed E-state index contributed by atoms with van der Waals surface area (Å²) in [6, 6.07) is 0.191. The number of carbonyl (C=O) groups excluding carboxylic acids is 2. The van der Waals surface area contributed by atoms with Crippen LogP contribution in [0.15, 0.2) is 20.5 Å². The van der Waals surface area contributed by atoms with Gasteiger partial charge in [0.2, 0.25) is 5.91 Å². The largest absolute Gasteiger partial charge is 0.390 e. The van der Waals surface area contributed by atoms with E-state index < -0.39 is 18.1 Å². The van der Waals surface area contributed by atoms with Crippen molar-refractivity contribution in [1.29, 1.82) is 0 Å². The first-order chi connectivity index (χ1) is 28.4. The van der Waals surface area contributed by atoms with Crippen LogP contribution in [0.1, 0.15) is 167 Å². The van der Waals surface area contributed by atoms with Gasteiger partial charge in [-0.2, -0.15) is 25.9 Å². The molecule has 0 aromatic carbocycles. The van der Waals surface area contributed by atoms with Crippen molar-refractivity contribution in [3.05, 3.63) is 0 Å². The van der Waals surface area contributed by atoms with Crippen LogP contribution in [-0.2, 0) is 14.4 Å². The SMILES string of the molecule is O=C(NC1CCCCC1)C1CC2CCCCC2C(N=NC2CCC3C(C2)C(=O)C2CC(N=NC4C(O)C(CONC5CCCCC5)CC5CCCCC54)CCC23)C1O. The number of aliphatic hydroxyl groups excluding tert-OH is 2. The number of nitrogens with one attached hydrogen (secondary N) is 2. The van der Waals surface area contributed by atoms with Gasteiger partial charge in [-0.3, -0.25) is 9.59 Å². The molecule has 9 rings (SSSR count). The van der Waals surface area contributed by atoms with Crippen molar-refractivity contribution in [1.82, 2.24) is 10.8 Å². The molecule has 1 amide bonds. The number of nitrogens with zero attached hydrogens (tertiary/aromatic N) is 4. The van der Waals surface area contributed by atoms with Crippen molar-refractivity contribution in [2.45, 2.75) is 215 Å². The first-order valence-electron chi connectivity index (χ1n) is 24.8. The van der Waals surface area contributed by atoms with E-state index in [0.29, 0.717) is 48.0 Å². The van der Waals surface area contributed by atoms with Gasteiger partial charge in [0.25, 0.3) is 0 Å². The van der Waals surface area contributed by atoms with Gasteiger partial charge >= 0.3 is 0 Å². The van der Waals surface area contributed by atoms with Gasteiger partial charge in [0, 0.05) is 29.8 Å². The third-order valence-corrected chi connectivity index (χ3v) is 17.8. The molecule has 0 spiro atoms. The van der Waals surface area contributed by atoms with Crippen LogP contribution in [0, 0.1) is 59.2 Å². The number of fused-ring (bicyclic) bond motifs is 5. The predicted octanol–water partition coefficient (Wildman–Crippen LogP) is 8.46. The summed E-state index contributed by atoms with van der Waals surface area (Å²) in [5.74, 6) is 2.65. The van der Waals surface area contributed by atoms with E-state index >= 15 is 0 Å².